The molecule has 8 heteroatoms. The smallest absolute Gasteiger partial charge is 0.228 e. The summed E-state index contributed by atoms with van der Waals surface area (Å²) in [5.41, 5.74) is 1.28. The van der Waals surface area contributed by atoms with Gasteiger partial charge in [0.05, 0.1) is 30.6 Å². The molecule has 4 rings (SSSR count). The van der Waals surface area contributed by atoms with E-state index in [2.05, 4.69) is 20.9 Å². The number of hydrogen-bond donors (Lipinski definition) is 0. The monoisotopic (exact) mass is 440 g/mol. The predicted octanol–water partition coefficient (Wildman–Crippen LogP) is 2.36. The van der Waals surface area contributed by atoms with Crippen molar-refractivity contribution in [2.75, 3.05) is 24.5 Å². The van der Waals surface area contributed by atoms with Gasteiger partial charge in [-0.05, 0) is 24.3 Å². The van der Waals surface area contributed by atoms with Crippen LogP contribution in [0.3, 0.4) is 0 Å². The molecule has 2 fully saturated rings. The highest BCUT2D eigenvalue weighted by Gasteiger charge is 2.41. The fourth-order valence-electron chi connectivity index (χ4n) is 3.43. The molecule has 2 saturated heterocycles. The third-order valence-corrected chi connectivity index (χ3v) is 5.40. The van der Waals surface area contributed by atoms with E-state index in [9.17, 15) is 9.59 Å². The number of halogens is 1. The van der Waals surface area contributed by atoms with E-state index in [4.69, 9.17) is 10.00 Å². The molecule has 2 aromatic rings. The van der Waals surface area contributed by atoms with Gasteiger partial charge < -0.3 is 14.5 Å². The largest absolute Gasteiger partial charge is 0.471 e. The van der Waals surface area contributed by atoms with Crippen molar-refractivity contribution in [1.82, 2.24) is 9.88 Å². The molecular weight excluding hydrogens is 424 g/mol. The third-order valence-electron chi connectivity index (χ3n) is 4.91. The van der Waals surface area contributed by atoms with Crippen molar-refractivity contribution in [2.24, 2.45) is 5.92 Å². The van der Waals surface area contributed by atoms with E-state index >= 15 is 0 Å². The van der Waals surface area contributed by atoms with Gasteiger partial charge in [0.2, 0.25) is 17.7 Å². The van der Waals surface area contributed by atoms with Gasteiger partial charge in [-0.1, -0.05) is 22.0 Å². The van der Waals surface area contributed by atoms with Crippen LogP contribution in [0, 0.1) is 17.2 Å². The van der Waals surface area contributed by atoms with Crippen molar-refractivity contribution >= 4 is 33.4 Å². The normalized spacial score (nSPS) is 19.3. The molecule has 0 N–H and O–H groups in total. The molecule has 0 aliphatic carbocycles. The topological polar surface area (TPSA) is 86.5 Å². The maximum atomic E-state index is 12.7. The Morgan fingerprint density at radius 1 is 1.25 bits per heavy atom. The van der Waals surface area contributed by atoms with Crippen LogP contribution in [0.25, 0.3) is 0 Å². The first-order chi connectivity index (χ1) is 13.5. The molecule has 1 aromatic carbocycles. The molecule has 1 atom stereocenters. The van der Waals surface area contributed by atoms with E-state index in [0.29, 0.717) is 31.1 Å². The molecule has 1 aromatic heterocycles. The van der Waals surface area contributed by atoms with Gasteiger partial charge in [0, 0.05) is 35.4 Å². The number of anilines is 1. The summed E-state index contributed by atoms with van der Waals surface area (Å²) in [4.78, 5) is 32.6. The number of aromatic nitrogens is 1. The molecule has 2 aliphatic heterocycles. The van der Waals surface area contributed by atoms with Gasteiger partial charge in [-0.2, -0.15) is 5.26 Å². The van der Waals surface area contributed by atoms with Crippen LogP contribution >= 0.6 is 15.9 Å². The summed E-state index contributed by atoms with van der Waals surface area (Å²) >= 11 is 3.41. The minimum absolute atomic E-state index is 0.0237. The zero-order valence-corrected chi connectivity index (χ0v) is 16.5. The van der Waals surface area contributed by atoms with Crippen LogP contribution in [-0.2, 0) is 9.59 Å². The van der Waals surface area contributed by atoms with Crippen LogP contribution in [0.2, 0.25) is 0 Å². The van der Waals surface area contributed by atoms with Gasteiger partial charge in [-0.3, -0.25) is 9.59 Å². The average Bonchev–Trinajstić information content (AvgIpc) is 3.06. The number of nitriles is 1. The lowest BCUT2D eigenvalue weighted by Crippen LogP contribution is -2.57. The summed E-state index contributed by atoms with van der Waals surface area (Å²) in [6, 6.07) is 12.7. The second kappa shape index (κ2) is 7.60. The highest BCUT2D eigenvalue weighted by molar-refractivity contribution is 9.10. The molecule has 2 aliphatic rings. The first-order valence-corrected chi connectivity index (χ1v) is 9.70. The Balaban J connectivity index is 1.33. The lowest BCUT2D eigenvalue weighted by molar-refractivity contribution is -0.144. The summed E-state index contributed by atoms with van der Waals surface area (Å²) < 4.78 is 6.61. The van der Waals surface area contributed by atoms with Crippen molar-refractivity contribution in [1.29, 1.82) is 5.26 Å². The highest BCUT2D eigenvalue weighted by atomic mass is 79.9. The van der Waals surface area contributed by atoms with E-state index in [-0.39, 0.29) is 30.3 Å². The molecule has 2 amide bonds. The van der Waals surface area contributed by atoms with E-state index in [1.807, 2.05) is 30.3 Å². The van der Waals surface area contributed by atoms with E-state index < -0.39 is 0 Å². The molecule has 3 heterocycles. The van der Waals surface area contributed by atoms with Crippen molar-refractivity contribution in [3.05, 3.63) is 52.6 Å². The van der Waals surface area contributed by atoms with E-state index in [1.165, 1.54) is 6.20 Å². The van der Waals surface area contributed by atoms with Gasteiger partial charge >= 0.3 is 0 Å². The number of likely N-dealkylation sites (tertiary alicyclic amines) is 1. The highest BCUT2D eigenvalue weighted by Crippen LogP contribution is 2.29. The summed E-state index contributed by atoms with van der Waals surface area (Å²) in [5.74, 6) is -0.0211. The van der Waals surface area contributed by atoms with Crippen LogP contribution in [0.1, 0.15) is 12.0 Å². The maximum Gasteiger partial charge on any atom is 0.228 e. The maximum absolute atomic E-state index is 12.7. The minimum Gasteiger partial charge on any atom is -0.471 e. The van der Waals surface area contributed by atoms with E-state index in [1.54, 1.807) is 21.9 Å². The zero-order valence-electron chi connectivity index (χ0n) is 14.9. The Hall–Kier alpha value is -2.92. The Kier molecular flexibility index (Phi) is 5.01. The lowest BCUT2D eigenvalue weighted by atomic mass is 10.0. The molecule has 0 bridgehead atoms. The minimum atomic E-state index is -0.340. The number of rotatable bonds is 4. The van der Waals surface area contributed by atoms with Crippen molar-refractivity contribution < 1.29 is 14.3 Å². The predicted molar refractivity (Wildman–Crippen MR) is 105 cm³/mol. The molecule has 142 valence electrons. The Labute approximate surface area is 170 Å². The third kappa shape index (κ3) is 3.71. The van der Waals surface area contributed by atoms with Crippen LogP contribution in [-0.4, -0.2) is 47.4 Å². The first kappa shape index (κ1) is 18.4. The first-order valence-electron chi connectivity index (χ1n) is 8.91. The quantitative estimate of drug-likeness (QED) is 0.727. The lowest BCUT2D eigenvalue weighted by Gasteiger charge is -2.39. The number of hydrogen-bond acceptors (Lipinski definition) is 5. The SMILES string of the molecule is N#Cc1ccnc(OC2CN(C(=O)C3CC(=O)N(c4cccc(Br)c4)C3)C2)c1. The van der Waals surface area contributed by atoms with Gasteiger partial charge in [-0.25, -0.2) is 4.98 Å². The molecule has 1 unspecified atom stereocenters. The molecule has 7 nitrogen and oxygen atoms in total. The summed E-state index contributed by atoms with van der Waals surface area (Å²) in [5, 5.41) is 8.92. The van der Waals surface area contributed by atoms with Gasteiger partial charge in [-0.15, -0.1) is 0 Å². The average molecular weight is 441 g/mol. The summed E-state index contributed by atoms with van der Waals surface area (Å²) in [7, 11) is 0. The Morgan fingerprint density at radius 3 is 2.82 bits per heavy atom. The summed E-state index contributed by atoms with van der Waals surface area (Å²) in [6.07, 6.45) is 1.60. The van der Waals surface area contributed by atoms with Crippen molar-refractivity contribution in [3.8, 4) is 11.9 Å². The zero-order chi connectivity index (χ0) is 19.7. The number of carbonyl (C=O) groups is 2. The molecule has 0 spiro atoms. The number of amides is 2. The fourth-order valence-corrected chi connectivity index (χ4v) is 3.82. The Bertz CT molecular complexity index is 968. The number of pyridine rings is 1. The standard InChI is InChI=1S/C20H17BrN4O3/c21-15-2-1-3-16(8-15)25-10-14(7-19(25)26)20(27)24-11-17(12-24)28-18-6-13(9-22)4-5-23-18/h1-6,8,14,17H,7,10-12H2. The molecule has 28 heavy (non-hydrogen) atoms. The number of ether oxygens (including phenoxy) is 1. The van der Waals surface area contributed by atoms with Crippen LogP contribution in [0.15, 0.2) is 47.1 Å². The van der Waals surface area contributed by atoms with Gasteiger partial charge in [0.15, 0.2) is 0 Å². The second-order valence-electron chi connectivity index (χ2n) is 6.86. The van der Waals surface area contributed by atoms with Crippen molar-refractivity contribution in [3.63, 3.8) is 0 Å². The molecule has 0 saturated carbocycles. The van der Waals surface area contributed by atoms with Crippen LogP contribution < -0.4 is 9.64 Å². The molecule has 0 radical (unpaired) electrons. The number of carbonyl (C=O) groups excluding carboxylic acids is 2. The second-order valence-corrected chi connectivity index (χ2v) is 7.78. The van der Waals surface area contributed by atoms with E-state index in [0.717, 1.165) is 10.2 Å². The van der Waals surface area contributed by atoms with Gasteiger partial charge in [0.25, 0.3) is 0 Å². The number of nitrogens with zero attached hydrogens (tertiary/aromatic N) is 4. The number of benzene rings is 1. The molecular formula is C20H17BrN4O3. The van der Waals surface area contributed by atoms with Crippen LogP contribution in [0.4, 0.5) is 5.69 Å². The summed E-state index contributed by atoms with van der Waals surface area (Å²) in [6.45, 7) is 1.31. The van der Waals surface area contributed by atoms with Crippen molar-refractivity contribution in [2.45, 2.75) is 12.5 Å². The fraction of sp³-hybridized carbons (Fsp3) is 0.300. The Morgan fingerprint density at radius 2 is 2.07 bits per heavy atom. The van der Waals surface area contributed by atoms with Gasteiger partial charge in [0.1, 0.15) is 6.10 Å². The van der Waals surface area contributed by atoms with Crippen LogP contribution in [0.5, 0.6) is 5.88 Å².